The van der Waals surface area contributed by atoms with Gasteiger partial charge in [0.15, 0.2) is 5.82 Å². The first kappa shape index (κ1) is 16.4. The van der Waals surface area contributed by atoms with Crippen molar-refractivity contribution in [1.82, 2.24) is 25.5 Å². The Labute approximate surface area is 144 Å². The third-order valence-corrected chi connectivity index (χ3v) is 3.55. The zero-order chi connectivity index (χ0) is 17.6. The van der Waals surface area contributed by atoms with Crippen LogP contribution in [0.15, 0.2) is 48.5 Å². The summed E-state index contributed by atoms with van der Waals surface area (Å²) in [4.78, 5) is 12.1. The number of hydrogen-bond donors (Lipinski definition) is 2. The number of aromatic nitrogens is 4. The Hall–Kier alpha value is -3.42. The number of ether oxygens (including phenoxy) is 1. The van der Waals surface area contributed by atoms with Gasteiger partial charge in [0.2, 0.25) is 0 Å². The summed E-state index contributed by atoms with van der Waals surface area (Å²) in [5.41, 5.74) is 2.62. The van der Waals surface area contributed by atoms with Crippen molar-refractivity contribution < 1.29 is 9.53 Å². The summed E-state index contributed by atoms with van der Waals surface area (Å²) in [6.45, 7) is 2.20. The standard InChI is InChI=1S/C17H18N6O2/c1-12-6-8-14(9-7-12)23-16(20-21-22-23)11-18-17(24)19-13-4-3-5-15(10-13)25-2/h3-10H,11H2,1-2H3,(H2,18,19,24). The molecule has 1 aromatic heterocycles. The van der Waals surface area contributed by atoms with Crippen molar-refractivity contribution in [1.29, 1.82) is 0 Å². The number of amides is 2. The number of nitrogens with zero attached hydrogens (tertiary/aromatic N) is 4. The molecule has 0 unspecified atom stereocenters. The van der Waals surface area contributed by atoms with Crippen LogP contribution in [0.3, 0.4) is 0 Å². The van der Waals surface area contributed by atoms with Gasteiger partial charge in [-0.05, 0) is 41.6 Å². The normalized spacial score (nSPS) is 10.3. The summed E-state index contributed by atoms with van der Waals surface area (Å²) in [5, 5.41) is 17.1. The summed E-state index contributed by atoms with van der Waals surface area (Å²) in [7, 11) is 1.57. The maximum Gasteiger partial charge on any atom is 0.319 e. The van der Waals surface area contributed by atoms with Crippen LogP contribution in [-0.4, -0.2) is 33.3 Å². The summed E-state index contributed by atoms with van der Waals surface area (Å²) in [6, 6.07) is 14.6. The molecule has 0 saturated heterocycles. The highest BCUT2D eigenvalue weighted by Gasteiger charge is 2.10. The van der Waals surface area contributed by atoms with E-state index in [2.05, 4.69) is 26.2 Å². The largest absolute Gasteiger partial charge is 0.497 e. The number of urea groups is 1. The number of anilines is 1. The molecule has 0 fully saturated rings. The highest BCUT2D eigenvalue weighted by atomic mass is 16.5. The van der Waals surface area contributed by atoms with E-state index in [-0.39, 0.29) is 12.6 Å². The lowest BCUT2D eigenvalue weighted by Crippen LogP contribution is -2.29. The molecule has 0 radical (unpaired) electrons. The molecule has 2 aromatic carbocycles. The van der Waals surface area contributed by atoms with Gasteiger partial charge in [0.1, 0.15) is 5.75 Å². The Morgan fingerprint density at radius 1 is 1.20 bits per heavy atom. The van der Waals surface area contributed by atoms with E-state index in [9.17, 15) is 4.79 Å². The summed E-state index contributed by atoms with van der Waals surface area (Å²) < 4.78 is 6.72. The maximum atomic E-state index is 12.1. The molecule has 0 spiro atoms. The van der Waals surface area contributed by atoms with Gasteiger partial charge in [-0.3, -0.25) is 0 Å². The van der Waals surface area contributed by atoms with E-state index in [1.807, 2.05) is 31.2 Å². The molecule has 0 bridgehead atoms. The number of benzene rings is 2. The molecule has 2 N–H and O–H groups in total. The zero-order valence-corrected chi connectivity index (χ0v) is 13.9. The summed E-state index contributed by atoms with van der Waals surface area (Å²) in [5.74, 6) is 1.20. The lowest BCUT2D eigenvalue weighted by atomic mass is 10.2. The van der Waals surface area contributed by atoms with Crippen LogP contribution in [0.5, 0.6) is 5.75 Å². The van der Waals surface area contributed by atoms with E-state index in [4.69, 9.17) is 4.74 Å². The Kier molecular flexibility index (Phi) is 4.89. The van der Waals surface area contributed by atoms with Crippen molar-refractivity contribution in [2.75, 3.05) is 12.4 Å². The molecule has 2 amide bonds. The van der Waals surface area contributed by atoms with Gasteiger partial charge in [0.05, 0.1) is 19.3 Å². The van der Waals surface area contributed by atoms with Gasteiger partial charge in [-0.1, -0.05) is 23.8 Å². The minimum absolute atomic E-state index is 0.191. The fraction of sp³-hybridized carbons (Fsp3) is 0.176. The Balaban J connectivity index is 1.63. The van der Waals surface area contributed by atoms with Gasteiger partial charge in [-0.25, -0.2) is 4.79 Å². The van der Waals surface area contributed by atoms with Crippen molar-refractivity contribution in [3.63, 3.8) is 0 Å². The zero-order valence-electron chi connectivity index (χ0n) is 13.9. The second kappa shape index (κ2) is 7.43. The van der Waals surface area contributed by atoms with Crippen LogP contribution in [0.4, 0.5) is 10.5 Å². The Morgan fingerprint density at radius 3 is 2.76 bits per heavy atom. The van der Waals surface area contributed by atoms with E-state index in [1.54, 1.807) is 36.1 Å². The molecule has 0 aliphatic heterocycles. The molecule has 3 rings (SSSR count). The van der Waals surface area contributed by atoms with Crippen LogP contribution in [0.25, 0.3) is 5.69 Å². The predicted molar refractivity (Wildman–Crippen MR) is 92.7 cm³/mol. The predicted octanol–water partition coefficient (Wildman–Crippen LogP) is 2.30. The number of carbonyl (C=O) groups is 1. The topological polar surface area (TPSA) is 94.0 Å². The van der Waals surface area contributed by atoms with Crippen LogP contribution in [0, 0.1) is 6.92 Å². The van der Waals surface area contributed by atoms with E-state index >= 15 is 0 Å². The quantitative estimate of drug-likeness (QED) is 0.744. The number of methoxy groups -OCH3 is 1. The molecular weight excluding hydrogens is 320 g/mol. The molecular formula is C17H18N6O2. The first-order valence-electron chi connectivity index (χ1n) is 7.69. The van der Waals surface area contributed by atoms with Crippen molar-refractivity contribution in [3.8, 4) is 11.4 Å². The molecule has 25 heavy (non-hydrogen) atoms. The van der Waals surface area contributed by atoms with Crippen molar-refractivity contribution in [3.05, 3.63) is 59.9 Å². The van der Waals surface area contributed by atoms with Gasteiger partial charge >= 0.3 is 6.03 Å². The number of hydrogen-bond acceptors (Lipinski definition) is 5. The average molecular weight is 338 g/mol. The highest BCUT2D eigenvalue weighted by molar-refractivity contribution is 5.89. The number of rotatable bonds is 5. The van der Waals surface area contributed by atoms with Crippen molar-refractivity contribution >= 4 is 11.7 Å². The monoisotopic (exact) mass is 338 g/mol. The third-order valence-electron chi connectivity index (χ3n) is 3.55. The molecule has 0 aliphatic carbocycles. The number of aryl methyl sites for hydroxylation is 1. The molecule has 3 aromatic rings. The Bertz CT molecular complexity index is 860. The molecule has 8 heteroatoms. The fourth-order valence-corrected chi connectivity index (χ4v) is 2.24. The molecule has 8 nitrogen and oxygen atoms in total. The van der Waals surface area contributed by atoms with Crippen molar-refractivity contribution in [2.24, 2.45) is 0 Å². The van der Waals surface area contributed by atoms with E-state index in [0.717, 1.165) is 11.3 Å². The second-order valence-corrected chi connectivity index (χ2v) is 5.38. The lowest BCUT2D eigenvalue weighted by Gasteiger charge is -2.09. The van der Waals surface area contributed by atoms with Gasteiger partial charge in [-0.2, -0.15) is 4.68 Å². The van der Waals surface area contributed by atoms with E-state index < -0.39 is 0 Å². The SMILES string of the molecule is COc1cccc(NC(=O)NCc2nnnn2-c2ccc(C)cc2)c1. The smallest absolute Gasteiger partial charge is 0.319 e. The van der Waals surface area contributed by atoms with Gasteiger partial charge < -0.3 is 15.4 Å². The summed E-state index contributed by atoms with van der Waals surface area (Å²) in [6.07, 6.45) is 0. The lowest BCUT2D eigenvalue weighted by molar-refractivity contribution is 0.251. The van der Waals surface area contributed by atoms with E-state index in [1.165, 1.54) is 0 Å². The third kappa shape index (κ3) is 4.11. The van der Waals surface area contributed by atoms with Crippen LogP contribution in [0.1, 0.15) is 11.4 Å². The average Bonchev–Trinajstić information content (AvgIpc) is 3.09. The number of nitrogens with one attached hydrogen (secondary N) is 2. The van der Waals surface area contributed by atoms with Gasteiger partial charge in [0.25, 0.3) is 0 Å². The molecule has 128 valence electrons. The van der Waals surface area contributed by atoms with Gasteiger partial charge in [-0.15, -0.1) is 5.10 Å². The molecule has 1 heterocycles. The van der Waals surface area contributed by atoms with Crippen LogP contribution >= 0.6 is 0 Å². The number of tetrazole rings is 1. The van der Waals surface area contributed by atoms with Crippen molar-refractivity contribution in [2.45, 2.75) is 13.5 Å². The first-order valence-corrected chi connectivity index (χ1v) is 7.69. The maximum absolute atomic E-state index is 12.1. The number of carbonyl (C=O) groups excluding carboxylic acids is 1. The summed E-state index contributed by atoms with van der Waals surface area (Å²) >= 11 is 0. The second-order valence-electron chi connectivity index (χ2n) is 5.38. The van der Waals surface area contributed by atoms with Crippen LogP contribution in [0.2, 0.25) is 0 Å². The minimum atomic E-state index is -0.355. The minimum Gasteiger partial charge on any atom is -0.497 e. The van der Waals surface area contributed by atoms with Crippen LogP contribution < -0.4 is 15.4 Å². The molecule has 0 atom stereocenters. The van der Waals surface area contributed by atoms with Gasteiger partial charge in [0, 0.05) is 11.8 Å². The fourth-order valence-electron chi connectivity index (χ4n) is 2.24. The van der Waals surface area contributed by atoms with E-state index in [0.29, 0.717) is 17.3 Å². The molecule has 0 aliphatic rings. The molecule has 0 saturated carbocycles. The highest BCUT2D eigenvalue weighted by Crippen LogP contribution is 2.16. The Morgan fingerprint density at radius 2 is 2.00 bits per heavy atom. The first-order chi connectivity index (χ1) is 12.2. The van der Waals surface area contributed by atoms with Crippen LogP contribution in [-0.2, 0) is 6.54 Å².